The summed E-state index contributed by atoms with van der Waals surface area (Å²) in [6, 6.07) is 15.6. The maximum Gasteiger partial charge on any atom is 0.234 e. The first-order valence-electron chi connectivity index (χ1n) is 9.27. The van der Waals surface area contributed by atoms with E-state index >= 15 is 0 Å². The van der Waals surface area contributed by atoms with E-state index in [2.05, 4.69) is 10.2 Å². The molecular formula is C21H24FN3OS. The molecule has 1 amide bonds. The maximum atomic E-state index is 13.0. The second kappa shape index (κ2) is 10.1. The van der Waals surface area contributed by atoms with Crippen molar-refractivity contribution in [3.63, 3.8) is 0 Å². The Kier molecular flexibility index (Phi) is 7.27. The van der Waals surface area contributed by atoms with E-state index in [4.69, 9.17) is 4.99 Å². The van der Waals surface area contributed by atoms with Crippen molar-refractivity contribution in [3.8, 4) is 0 Å². The highest BCUT2D eigenvalue weighted by Crippen LogP contribution is 2.21. The van der Waals surface area contributed by atoms with Crippen LogP contribution in [0.3, 0.4) is 0 Å². The molecule has 0 spiro atoms. The molecule has 1 heterocycles. The lowest BCUT2D eigenvalue weighted by molar-refractivity contribution is -0.113. The molecule has 0 atom stereocenters. The van der Waals surface area contributed by atoms with Gasteiger partial charge in [0.05, 0.1) is 11.4 Å². The van der Waals surface area contributed by atoms with Gasteiger partial charge in [-0.2, -0.15) is 0 Å². The first-order valence-corrected chi connectivity index (χ1v) is 10.3. The Morgan fingerprint density at radius 3 is 2.33 bits per heavy atom. The molecule has 6 heteroatoms. The summed E-state index contributed by atoms with van der Waals surface area (Å²) in [4.78, 5) is 19.4. The fraction of sp³-hybridized carbons (Fsp3) is 0.333. The van der Waals surface area contributed by atoms with Crippen LogP contribution in [-0.4, -0.2) is 34.8 Å². The summed E-state index contributed by atoms with van der Waals surface area (Å²) < 4.78 is 13.0. The molecule has 0 aromatic heterocycles. The Labute approximate surface area is 163 Å². The molecule has 0 bridgehead atoms. The van der Waals surface area contributed by atoms with Crippen LogP contribution in [0.1, 0.15) is 25.7 Å². The molecule has 2 aromatic rings. The molecule has 142 valence electrons. The average molecular weight is 386 g/mol. The fourth-order valence-electron chi connectivity index (χ4n) is 2.93. The third-order valence-electron chi connectivity index (χ3n) is 4.32. The fourth-order valence-corrected chi connectivity index (χ4v) is 3.80. The number of anilines is 1. The molecule has 2 aromatic carbocycles. The summed E-state index contributed by atoms with van der Waals surface area (Å²) in [5.74, 6) is -0.178. The number of nitrogens with one attached hydrogen (secondary N) is 1. The minimum atomic E-state index is -0.319. The van der Waals surface area contributed by atoms with Gasteiger partial charge in [-0.1, -0.05) is 42.8 Å². The Morgan fingerprint density at radius 1 is 1.00 bits per heavy atom. The Balaban J connectivity index is 1.66. The SMILES string of the molecule is O=C(CSC(=Nc1ccccc1)N1CCCCCC1)Nc1ccc(F)cc1. The maximum absolute atomic E-state index is 13.0. The minimum absolute atomic E-state index is 0.123. The quantitative estimate of drug-likeness (QED) is 0.591. The molecule has 0 saturated carbocycles. The number of halogens is 1. The molecule has 4 nitrogen and oxygen atoms in total. The van der Waals surface area contributed by atoms with Crippen LogP contribution in [-0.2, 0) is 4.79 Å². The molecule has 27 heavy (non-hydrogen) atoms. The second-order valence-electron chi connectivity index (χ2n) is 6.47. The number of carbonyl (C=O) groups excluding carboxylic acids is 1. The molecule has 3 rings (SSSR count). The van der Waals surface area contributed by atoms with Crippen LogP contribution in [0, 0.1) is 5.82 Å². The number of hydrogen-bond acceptors (Lipinski definition) is 3. The number of nitrogens with zero attached hydrogens (tertiary/aromatic N) is 2. The van der Waals surface area contributed by atoms with Crippen molar-refractivity contribution in [1.82, 2.24) is 4.90 Å². The summed E-state index contributed by atoms with van der Waals surface area (Å²) in [6.07, 6.45) is 4.78. The predicted octanol–water partition coefficient (Wildman–Crippen LogP) is 5.06. The molecule has 1 aliphatic heterocycles. The number of carbonyl (C=O) groups is 1. The number of thioether (sulfide) groups is 1. The minimum Gasteiger partial charge on any atom is -0.351 e. The first kappa shape index (κ1) is 19.4. The van der Waals surface area contributed by atoms with Gasteiger partial charge in [0.25, 0.3) is 0 Å². The molecular weight excluding hydrogens is 361 g/mol. The smallest absolute Gasteiger partial charge is 0.234 e. The van der Waals surface area contributed by atoms with Gasteiger partial charge in [-0.05, 0) is 49.2 Å². The zero-order chi connectivity index (χ0) is 18.9. The van der Waals surface area contributed by atoms with Gasteiger partial charge in [0, 0.05) is 18.8 Å². The lowest BCUT2D eigenvalue weighted by atomic mass is 10.2. The summed E-state index contributed by atoms with van der Waals surface area (Å²) >= 11 is 1.45. The largest absolute Gasteiger partial charge is 0.351 e. The van der Waals surface area contributed by atoms with Crippen LogP contribution in [0.5, 0.6) is 0 Å². The van der Waals surface area contributed by atoms with E-state index in [1.54, 1.807) is 12.1 Å². The van der Waals surface area contributed by atoms with E-state index in [9.17, 15) is 9.18 Å². The number of rotatable bonds is 4. The van der Waals surface area contributed by atoms with E-state index in [0.717, 1.165) is 36.8 Å². The zero-order valence-corrected chi connectivity index (χ0v) is 16.1. The van der Waals surface area contributed by atoms with E-state index < -0.39 is 0 Å². The number of likely N-dealkylation sites (tertiary alicyclic amines) is 1. The molecule has 1 N–H and O–H groups in total. The predicted molar refractivity (Wildman–Crippen MR) is 111 cm³/mol. The molecule has 0 radical (unpaired) electrons. The van der Waals surface area contributed by atoms with E-state index in [1.165, 1.54) is 36.7 Å². The van der Waals surface area contributed by atoms with Crippen molar-refractivity contribution in [2.24, 2.45) is 4.99 Å². The van der Waals surface area contributed by atoms with Gasteiger partial charge in [0.2, 0.25) is 5.91 Å². The standard InChI is InChI=1S/C21H24FN3OS/c22-17-10-12-19(13-11-17)23-20(26)16-27-21(24-18-8-4-3-5-9-18)25-14-6-1-2-7-15-25/h3-5,8-13H,1-2,6-7,14-16H2,(H,23,26). The van der Waals surface area contributed by atoms with Gasteiger partial charge < -0.3 is 10.2 Å². The van der Waals surface area contributed by atoms with Crippen molar-refractivity contribution in [3.05, 3.63) is 60.4 Å². The molecule has 1 saturated heterocycles. The lowest BCUT2D eigenvalue weighted by Gasteiger charge is -2.23. The highest BCUT2D eigenvalue weighted by molar-refractivity contribution is 8.14. The van der Waals surface area contributed by atoms with Crippen molar-refractivity contribution < 1.29 is 9.18 Å². The highest BCUT2D eigenvalue weighted by Gasteiger charge is 2.16. The van der Waals surface area contributed by atoms with Crippen molar-refractivity contribution in [2.45, 2.75) is 25.7 Å². The average Bonchev–Trinajstić information content (AvgIpc) is 2.97. The van der Waals surface area contributed by atoms with Gasteiger partial charge in [-0.15, -0.1) is 0 Å². The van der Waals surface area contributed by atoms with Crippen molar-refractivity contribution in [1.29, 1.82) is 0 Å². The van der Waals surface area contributed by atoms with Gasteiger partial charge in [0.15, 0.2) is 5.17 Å². The molecule has 1 aliphatic rings. The second-order valence-corrected chi connectivity index (χ2v) is 7.42. The number of para-hydroxylation sites is 1. The van der Waals surface area contributed by atoms with Gasteiger partial charge in [0.1, 0.15) is 5.82 Å². The molecule has 0 aliphatic carbocycles. The normalized spacial score (nSPS) is 15.3. The Morgan fingerprint density at radius 2 is 1.67 bits per heavy atom. The Bertz CT molecular complexity index is 757. The summed E-state index contributed by atoms with van der Waals surface area (Å²) in [5, 5.41) is 3.69. The summed E-state index contributed by atoms with van der Waals surface area (Å²) in [7, 11) is 0. The Hall–Kier alpha value is -2.34. The number of amidine groups is 1. The van der Waals surface area contributed by atoms with Gasteiger partial charge in [-0.3, -0.25) is 4.79 Å². The monoisotopic (exact) mass is 385 g/mol. The van der Waals surface area contributed by atoms with Gasteiger partial charge >= 0.3 is 0 Å². The topological polar surface area (TPSA) is 44.7 Å². The summed E-state index contributed by atoms with van der Waals surface area (Å²) in [6.45, 7) is 1.94. The third kappa shape index (κ3) is 6.40. The van der Waals surface area contributed by atoms with Crippen LogP contribution >= 0.6 is 11.8 Å². The molecule has 1 fully saturated rings. The van der Waals surface area contributed by atoms with E-state index in [0.29, 0.717) is 5.69 Å². The van der Waals surface area contributed by atoms with Crippen molar-refractivity contribution >= 4 is 34.2 Å². The number of benzene rings is 2. The number of hydrogen-bond donors (Lipinski definition) is 1. The number of aliphatic imine (C=N–C) groups is 1. The van der Waals surface area contributed by atoms with Crippen LogP contribution in [0.15, 0.2) is 59.6 Å². The molecule has 0 unspecified atom stereocenters. The van der Waals surface area contributed by atoms with Crippen LogP contribution < -0.4 is 5.32 Å². The first-order chi connectivity index (χ1) is 13.2. The van der Waals surface area contributed by atoms with Crippen molar-refractivity contribution in [2.75, 3.05) is 24.2 Å². The zero-order valence-electron chi connectivity index (χ0n) is 15.2. The van der Waals surface area contributed by atoms with Crippen LogP contribution in [0.2, 0.25) is 0 Å². The van der Waals surface area contributed by atoms with Gasteiger partial charge in [-0.25, -0.2) is 9.38 Å². The lowest BCUT2D eigenvalue weighted by Crippen LogP contribution is -2.31. The van der Waals surface area contributed by atoms with Crippen LogP contribution in [0.4, 0.5) is 15.8 Å². The number of amides is 1. The van der Waals surface area contributed by atoms with E-state index in [1.807, 2.05) is 30.3 Å². The summed E-state index contributed by atoms with van der Waals surface area (Å²) in [5.41, 5.74) is 1.49. The van der Waals surface area contributed by atoms with E-state index in [-0.39, 0.29) is 17.5 Å². The highest BCUT2D eigenvalue weighted by atomic mass is 32.2. The van der Waals surface area contributed by atoms with Crippen LogP contribution in [0.25, 0.3) is 0 Å². The third-order valence-corrected chi connectivity index (χ3v) is 5.33.